The number of fused-ring (bicyclic) bond motifs is 1. The smallest absolute Gasteiger partial charge is 0.180 e. The lowest BCUT2D eigenvalue weighted by atomic mass is 9.89. The maximum Gasteiger partial charge on any atom is 0.180 e. The van der Waals surface area contributed by atoms with Crippen LogP contribution in [0.1, 0.15) is 46.0 Å². The Morgan fingerprint density at radius 1 is 1.29 bits per heavy atom. The van der Waals surface area contributed by atoms with Gasteiger partial charge in [-0.25, -0.2) is 9.97 Å². The van der Waals surface area contributed by atoms with Gasteiger partial charge in [0.25, 0.3) is 0 Å². The second kappa shape index (κ2) is 5.92. The first-order valence-electron chi connectivity index (χ1n) is 8.02. The van der Waals surface area contributed by atoms with Gasteiger partial charge in [0.1, 0.15) is 5.82 Å². The van der Waals surface area contributed by atoms with Crippen molar-refractivity contribution in [1.82, 2.24) is 14.4 Å². The van der Waals surface area contributed by atoms with E-state index >= 15 is 0 Å². The molecule has 5 nitrogen and oxygen atoms in total. The molecule has 2 aromatic rings. The van der Waals surface area contributed by atoms with Gasteiger partial charge in [0.05, 0.1) is 6.20 Å². The summed E-state index contributed by atoms with van der Waals surface area (Å²) in [5.74, 6) is 1.79. The van der Waals surface area contributed by atoms with Gasteiger partial charge in [-0.2, -0.15) is 0 Å². The van der Waals surface area contributed by atoms with E-state index in [0.717, 1.165) is 36.8 Å². The zero-order valence-electron chi connectivity index (χ0n) is 13.0. The molecule has 1 aliphatic rings. The topological polar surface area (TPSA) is 54.2 Å². The zero-order chi connectivity index (χ0) is 14.7. The summed E-state index contributed by atoms with van der Waals surface area (Å²) >= 11 is 0. The van der Waals surface area contributed by atoms with Crippen molar-refractivity contribution in [3.63, 3.8) is 0 Å². The molecule has 1 fully saturated rings. The van der Waals surface area contributed by atoms with Crippen LogP contribution in [0.3, 0.4) is 0 Å². The lowest BCUT2D eigenvalue weighted by molar-refractivity contribution is 0.361. The van der Waals surface area contributed by atoms with Crippen LogP contribution >= 0.6 is 0 Å². The van der Waals surface area contributed by atoms with Crippen molar-refractivity contribution in [1.29, 1.82) is 0 Å². The fraction of sp³-hybridized carbons (Fsp3) is 0.625. The molecule has 0 spiro atoms. The zero-order valence-corrected chi connectivity index (χ0v) is 13.0. The van der Waals surface area contributed by atoms with E-state index in [1.54, 1.807) is 0 Å². The highest BCUT2D eigenvalue weighted by atomic mass is 15.1. The average molecular weight is 287 g/mol. The second-order valence-electron chi connectivity index (χ2n) is 6.43. The summed E-state index contributed by atoms with van der Waals surface area (Å²) in [4.78, 5) is 9.12. The fourth-order valence-corrected chi connectivity index (χ4v) is 3.09. The molecule has 0 saturated heterocycles. The number of rotatable bonds is 6. The van der Waals surface area contributed by atoms with Crippen molar-refractivity contribution in [3.05, 3.63) is 18.6 Å². The Hall–Kier alpha value is -1.78. The molecular weight excluding hydrogens is 262 g/mol. The van der Waals surface area contributed by atoms with Crippen molar-refractivity contribution in [2.45, 2.75) is 46.0 Å². The van der Waals surface area contributed by atoms with Crippen LogP contribution in [-0.4, -0.2) is 27.5 Å². The molecule has 114 valence electrons. The quantitative estimate of drug-likeness (QED) is 0.853. The summed E-state index contributed by atoms with van der Waals surface area (Å²) in [5, 5.41) is 6.89. The van der Waals surface area contributed by atoms with Crippen molar-refractivity contribution in [3.8, 4) is 0 Å². The van der Waals surface area contributed by atoms with Crippen LogP contribution in [0.5, 0.6) is 0 Å². The normalized spacial score (nSPS) is 17.2. The monoisotopic (exact) mass is 287 g/mol. The van der Waals surface area contributed by atoms with Crippen molar-refractivity contribution < 1.29 is 0 Å². The van der Waals surface area contributed by atoms with Crippen molar-refractivity contribution in [2.24, 2.45) is 5.41 Å². The number of imidazole rings is 1. The van der Waals surface area contributed by atoms with E-state index in [4.69, 9.17) is 4.98 Å². The van der Waals surface area contributed by atoms with Crippen molar-refractivity contribution in [2.75, 3.05) is 23.7 Å². The van der Waals surface area contributed by atoms with Gasteiger partial charge in [-0.05, 0) is 24.7 Å². The molecule has 5 heteroatoms. The summed E-state index contributed by atoms with van der Waals surface area (Å²) in [5.41, 5.74) is 1.30. The Morgan fingerprint density at radius 3 is 2.86 bits per heavy atom. The Kier molecular flexibility index (Phi) is 3.99. The van der Waals surface area contributed by atoms with Crippen LogP contribution in [0.25, 0.3) is 5.65 Å². The molecule has 0 bridgehead atoms. The summed E-state index contributed by atoms with van der Waals surface area (Å²) < 4.78 is 2.03. The molecule has 0 radical (unpaired) electrons. The maximum absolute atomic E-state index is 4.70. The first kappa shape index (κ1) is 14.2. The molecule has 0 unspecified atom stereocenters. The van der Waals surface area contributed by atoms with E-state index in [9.17, 15) is 0 Å². The summed E-state index contributed by atoms with van der Waals surface area (Å²) in [7, 11) is 0. The van der Waals surface area contributed by atoms with Gasteiger partial charge in [0, 0.05) is 25.5 Å². The number of hydrogen-bond acceptors (Lipinski definition) is 4. The van der Waals surface area contributed by atoms with E-state index in [-0.39, 0.29) is 0 Å². The van der Waals surface area contributed by atoms with Gasteiger partial charge < -0.3 is 15.0 Å². The number of anilines is 2. The number of hydrogen-bond donors (Lipinski definition) is 2. The highest BCUT2D eigenvalue weighted by Gasteiger charge is 2.28. The van der Waals surface area contributed by atoms with Gasteiger partial charge in [-0.15, -0.1) is 0 Å². The lowest BCUT2D eigenvalue weighted by Gasteiger charge is -2.24. The molecule has 1 saturated carbocycles. The standard InChI is InChI=1S/C16H25N5/c1-3-8-17-13-11-21-10-9-18-15(21)14(20-13)19-12-16(2)6-4-5-7-16/h9-11,17H,3-8,12H2,1-2H3,(H,19,20). The van der Waals surface area contributed by atoms with Crippen LogP contribution in [0.15, 0.2) is 18.6 Å². The molecule has 2 N–H and O–H groups in total. The van der Waals surface area contributed by atoms with Crippen LogP contribution in [0, 0.1) is 5.41 Å². The number of nitrogens with zero attached hydrogens (tertiary/aromatic N) is 3. The van der Waals surface area contributed by atoms with Crippen LogP contribution < -0.4 is 10.6 Å². The molecular formula is C16H25N5. The third-order valence-electron chi connectivity index (χ3n) is 4.42. The molecule has 0 aromatic carbocycles. The molecule has 0 aliphatic heterocycles. The molecule has 2 heterocycles. The van der Waals surface area contributed by atoms with Gasteiger partial charge in [-0.3, -0.25) is 0 Å². The highest BCUT2D eigenvalue weighted by molar-refractivity contribution is 5.65. The summed E-state index contributed by atoms with van der Waals surface area (Å²) in [6, 6.07) is 0. The van der Waals surface area contributed by atoms with E-state index in [2.05, 4.69) is 29.5 Å². The minimum Gasteiger partial charge on any atom is -0.369 e. The third-order valence-corrected chi connectivity index (χ3v) is 4.42. The van der Waals surface area contributed by atoms with Crippen LogP contribution in [0.2, 0.25) is 0 Å². The third kappa shape index (κ3) is 3.12. The summed E-state index contributed by atoms with van der Waals surface area (Å²) in [6.07, 6.45) is 12.2. The van der Waals surface area contributed by atoms with Crippen molar-refractivity contribution >= 4 is 17.3 Å². The van der Waals surface area contributed by atoms with Gasteiger partial charge in [0.15, 0.2) is 11.5 Å². The Bertz CT molecular complexity index is 598. The first-order valence-corrected chi connectivity index (χ1v) is 8.02. The largest absolute Gasteiger partial charge is 0.369 e. The van der Waals surface area contributed by atoms with Gasteiger partial charge in [0.2, 0.25) is 0 Å². The van der Waals surface area contributed by atoms with E-state index < -0.39 is 0 Å². The minimum absolute atomic E-state index is 0.401. The lowest BCUT2D eigenvalue weighted by Crippen LogP contribution is -2.24. The van der Waals surface area contributed by atoms with Gasteiger partial charge >= 0.3 is 0 Å². The SMILES string of the molecule is CCCNc1cn2ccnc2c(NCC2(C)CCCC2)n1. The van der Waals surface area contributed by atoms with E-state index in [1.807, 2.05) is 23.0 Å². The Labute approximate surface area is 126 Å². The predicted octanol–water partition coefficient (Wildman–Crippen LogP) is 3.54. The van der Waals surface area contributed by atoms with E-state index in [0.29, 0.717) is 5.41 Å². The molecule has 3 rings (SSSR count). The molecule has 1 aliphatic carbocycles. The van der Waals surface area contributed by atoms with Crippen LogP contribution in [0.4, 0.5) is 11.6 Å². The number of nitrogens with one attached hydrogen (secondary N) is 2. The number of aromatic nitrogens is 3. The first-order chi connectivity index (χ1) is 10.2. The summed E-state index contributed by atoms with van der Waals surface area (Å²) in [6.45, 7) is 6.43. The molecule has 2 aromatic heterocycles. The second-order valence-corrected chi connectivity index (χ2v) is 6.43. The molecule has 0 atom stereocenters. The molecule has 0 amide bonds. The van der Waals surface area contributed by atoms with E-state index in [1.165, 1.54) is 25.7 Å². The fourth-order valence-electron chi connectivity index (χ4n) is 3.09. The minimum atomic E-state index is 0.401. The van der Waals surface area contributed by atoms with Gasteiger partial charge in [-0.1, -0.05) is 26.7 Å². The maximum atomic E-state index is 4.70. The predicted molar refractivity (Wildman–Crippen MR) is 86.8 cm³/mol. The average Bonchev–Trinajstić information content (AvgIpc) is 3.12. The highest BCUT2D eigenvalue weighted by Crippen LogP contribution is 2.37. The Balaban J connectivity index is 1.80. The Morgan fingerprint density at radius 2 is 2.10 bits per heavy atom. The van der Waals surface area contributed by atoms with Crippen LogP contribution in [-0.2, 0) is 0 Å². The molecule has 21 heavy (non-hydrogen) atoms.